The Kier molecular flexibility index (Phi) is 9.98. The maximum absolute atomic E-state index is 12.9. The lowest BCUT2D eigenvalue weighted by Crippen LogP contribution is -2.26. The Labute approximate surface area is 319 Å². The molecule has 5 heteroatoms. The van der Waals surface area contributed by atoms with E-state index >= 15 is 0 Å². The summed E-state index contributed by atoms with van der Waals surface area (Å²) < 4.78 is 0. The second-order valence-corrected chi connectivity index (χ2v) is 19.5. The third-order valence-corrected chi connectivity index (χ3v) is 10.9. The van der Waals surface area contributed by atoms with Gasteiger partial charge < -0.3 is 14.7 Å². The van der Waals surface area contributed by atoms with Gasteiger partial charge in [-0.1, -0.05) is 107 Å². The zero-order chi connectivity index (χ0) is 38.7. The molecule has 2 saturated heterocycles. The van der Waals surface area contributed by atoms with Gasteiger partial charge in [-0.05, 0) is 122 Å². The fraction of sp³-hybridized carbons (Fsp3) is 0.458. The highest BCUT2D eigenvalue weighted by atomic mass is 16.2. The average Bonchev–Trinajstić information content (AvgIpc) is 3.71. The molecule has 2 heterocycles. The lowest BCUT2D eigenvalue weighted by Gasteiger charge is -2.33. The van der Waals surface area contributed by atoms with Gasteiger partial charge in [0, 0.05) is 54.4 Å². The number of nitrogens with zero attached hydrogens (tertiary/aromatic N) is 3. The monoisotopic (exact) mass is 711 g/mol. The van der Waals surface area contributed by atoms with Crippen LogP contribution in [0.5, 0.6) is 0 Å². The summed E-state index contributed by atoms with van der Waals surface area (Å²) in [7, 11) is 0. The van der Waals surface area contributed by atoms with Crippen LogP contribution in [0.2, 0.25) is 0 Å². The van der Waals surface area contributed by atoms with E-state index in [0.717, 1.165) is 52.4 Å². The minimum atomic E-state index is -0.0362. The van der Waals surface area contributed by atoms with E-state index in [-0.39, 0.29) is 33.5 Å². The number of carbonyl (C=O) groups excluding carboxylic acids is 2. The Balaban J connectivity index is 1.55. The molecule has 2 aliphatic rings. The van der Waals surface area contributed by atoms with Crippen molar-refractivity contribution in [3.05, 3.63) is 101 Å². The van der Waals surface area contributed by atoms with Gasteiger partial charge in [-0.15, -0.1) is 0 Å². The molecule has 0 aromatic heterocycles. The van der Waals surface area contributed by atoms with E-state index in [1.807, 2.05) is 15.9 Å². The SMILES string of the molecule is CC(C)(C)c1cc(N(c2ccc(-c3cc(N4CCCC4=O)cc(N4CCCC4=O)c3)cc2)c2cc(C(C)(C)C)cc(C(C)(C)C)c2)cc(C(C)(C)C)c1. The zero-order valence-electron chi connectivity index (χ0n) is 34.4. The van der Waals surface area contributed by atoms with Crippen molar-refractivity contribution in [3.63, 3.8) is 0 Å². The lowest BCUT2D eigenvalue weighted by atomic mass is 9.79. The summed E-state index contributed by atoms with van der Waals surface area (Å²) in [5, 5.41) is 0. The van der Waals surface area contributed by atoms with Crippen molar-refractivity contribution >= 4 is 40.3 Å². The van der Waals surface area contributed by atoms with Gasteiger partial charge in [0.15, 0.2) is 0 Å². The molecule has 0 spiro atoms. The molecule has 4 aromatic rings. The minimum Gasteiger partial charge on any atom is -0.312 e. The number of amides is 2. The summed E-state index contributed by atoms with van der Waals surface area (Å²) in [5.74, 6) is 0.289. The number of carbonyl (C=O) groups is 2. The number of rotatable bonds is 6. The van der Waals surface area contributed by atoms with Crippen molar-refractivity contribution in [2.75, 3.05) is 27.8 Å². The van der Waals surface area contributed by atoms with Crippen molar-refractivity contribution in [1.29, 1.82) is 0 Å². The summed E-state index contributed by atoms with van der Waals surface area (Å²) in [6.07, 6.45) is 2.83. The molecule has 0 unspecified atom stereocenters. The molecule has 0 bridgehead atoms. The summed E-state index contributed by atoms with van der Waals surface area (Å²) in [6, 6.07) is 29.4. The molecule has 0 N–H and O–H groups in total. The van der Waals surface area contributed by atoms with Crippen LogP contribution < -0.4 is 14.7 Å². The molecular formula is C48H61N3O2. The van der Waals surface area contributed by atoms with Crippen LogP contribution in [-0.4, -0.2) is 24.9 Å². The molecule has 4 aromatic carbocycles. The minimum absolute atomic E-state index is 0.0362. The van der Waals surface area contributed by atoms with E-state index in [4.69, 9.17) is 0 Å². The van der Waals surface area contributed by atoms with Gasteiger partial charge in [-0.3, -0.25) is 9.59 Å². The van der Waals surface area contributed by atoms with E-state index in [2.05, 4.69) is 161 Å². The highest BCUT2D eigenvalue weighted by Gasteiger charge is 2.29. The van der Waals surface area contributed by atoms with Crippen LogP contribution in [0.1, 0.15) is 131 Å². The fourth-order valence-corrected chi connectivity index (χ4v) is 7.38. The average molecular weight is 712 g/mol. The molecule has 5 nitrogen and oxygen atoms in total. The fourth-order valence-electron chi connectivity index (χ4n) is 7.38. The Morgan fingerprint density at radius 1 is 0.434 bits per heavy atom. The van der Waals surface area contributed by atoms with Crippen LogP contribution in [0.4, 0.5) is 28.4 Å². The molecular weight excluding hydrogens is 651 g/mol. The molecule has 2 fully saturated rings. The predicted octanol–water partition coefficient (Wildman–Crippen LogP) is 12.3. The van der Waals surface area contributed by atoms with Crippen LogP contribution in [0, 0.1) is 0 Å². The molecule has 53 heavy (non-hydrogen) atoms. The van der Waals surface area contributed by atoms with Gasteiger partial charge in [0.1, 0.15) is 0 Å². The van der Waals surface area contributed by atoms with Crippen LogP contribution >= 0.6 is 0 Å². The molecule has 280 valence electrons. The van der Waals surface area contributed by atoms with Crippen molar-refractivity contribution in [2.45, 2.75) is 130 Å². The molecule has 0 radical (unpaired) electrons. The Morgan fingerprint density at radius 2 is 0.792 bits per heavy atom. The quantitative estimate of drug-likeness (QED) is 0.200. The highest BCUT2D eigenvalue weighted by molar-refractivity contribution is 6.00. The largest absolute Gasteiger partial charge is 0.312 e. The molecule has 0 saturated carbocycles. The van der Waals surface area contributed by atoms with Gasteiger partial charge in [-0.2, -0.15) is 0 Å². The van der Waals surface area contributed by atoms with E-state index in [1.54, 1.807) is 0 Å². The van der Waals surface area contributed by atoms with Crippen molar-refractivity contribution in [1.82, 2.24) is 0 Å². The summed E-state index contributed by atoms with van der Waals surface area (Å²) in [6.45, 7) is 29.0. The van der Waals surface area contributed by atoms with Crippen molar-refractivity contribution in [3.8, 4) is 11.1 Å². The standard InChI is InChI=1S/C48H61N3O2/c1-45(2,3)34-25-35(46(4,5)6)28-41(27-34)51(42-29-36(47(7,8)9)26-37(30-42)48(10,11)12)38-19-17-32(18-20-38)33-23-39(49-21-13-15-43(49)52)31-40(24-33)50-22-14-16-44(50)53/h17-20,23-31H,13-16,21-22H2,1-12H3. The maximum atomic E-state index is 12.9. The van der Waals surface area contributed by atoms with E-state index in [1.165, 1.54) is 22.3 Å². The first-order valence-corrected chi connectivity index (χ1v) is 19.6. The van der Waals surface area contributed by atoms with Gasteiger partial charge in [0.05, 0.1) is 0 Å². The smallest absolute Gasteiger partial charge is 0.227 e. The first-order valence-electron chi connectivity index (χ1n) is 19.6. The third kappa shape index (κ3) is 8.25. The summed E-state index contributed by atoms with van der Waals surface area (Å²) in [5.41, 5.74) is 12.2. The highest BCUT2D eigenvalue weighted by Crippen LogP contribution is 2.44. The van der Waals surface area contributed by atoms with Crippen LogP contribution in [0.25, 0.3) is 11.1 Å². The van der Waals surface area contributed by atoms with Crippen molar-refractivity contribution < 1.29 is 9.59 Å². The number of hydrogen-bond acceptors (Lipinski definition) is 3. The van der Waals surface area contributed by atoms with Crippen molar-refractivity contribution in [2.24, 2.45) is 0 Å². The number of anilines is 5. The normalized spacial score (nSPS) is 15.8. The second-order valence-electron chi connectivity index (χ2n) is 19.5. The Hall–Kier alpha value is -4.38. The van der Waals surface area contributed by atoms with E-state index in [9.17, 15) is 9.59 Å². The van der Waals surface area contributed by atoms with E-state index in [0.29, 0.717) is 25.9 Å². The number of hydrogen-bond donors (Lipinski definition) is 0. The molecule has 2 aliphatic heterocycles. The Morgan fingerprint density at radius 3 is 1.09 bits per heavy atom. The molecule has 0 aliphatic carbocycles. The van der Waals surface area contributed by atoms with Gasteiger partial charge in [-0.25, -0.2) is 0 Å². The van der Waals surface area contributed by atoms with Crippen LogP contribution in [0.3, 0.4) is 0 Å². The maximum Gasteiger partial charge on any atom is 0.227 e. The molecule has 2 amide bonds. The topological polar surface area (TPSA) is 43.9 Å². The zero-order valence-corrected chi connectivity index (χ0v) is 34.4. The summed E-state index contributed by atoms with van der Waals surface area (Å²) in [4.78, 5) is 32.0. The summed E-state index contributed by atoms with van der Waals surface area (Å²) >= 11 is 0. The first-order chi connectivity index (χ1) is 24.6. The second kappa shape index (κ2) is 13.8. The first kappa shape index (κ1) is 38.3. The van der Waals surface area contributed by atoms with Crippen LogP contribution in [0.15, 0.2) is 78.9 Å². The molecule has 6 rings (SSSR count). The molecule has 0 atom stereocenters. The van der Waals surface area contributed by atoms with Gasteiger partial charge in [0.2, 0.25) is 11.8 Å². The van der Waals surface area contributed by atoms with Gasteiger partial charge in [0.25, 0.3) is 0 Å². The number of benzene rings is 4. The third-order valence-electron chi connectivity index (χ3n) is 10.9. The van der Waals surface area contributed by atoms with E-state index < -0.39 is 0 Å². The van der Waals surface area contributed by atoms with Gasteiger partial charge >= 0.3 is 0 Å². The van der Waals surface area contributed by atoms with Crippen LogP contribution in [-0.2, 0) is 31.2 Å². The lowest BCUT2D eigenvalue weighted by molar-refractivity contribution is -0.117. The Bertz CT molecular complexity index is 1830. The predicted molar refractivity (Wildman–Crippen MR) is 225 cm³/mol.